The van der Waals surface area contributed by atoms with Crippen LogP contribution >= 0.6 is 0 Å². The number of hydrogen-bond acceptors (Lipinski definition) is 8. The molecule has 0 bridgehead atoms. The highest BCUT2D eigenvalue weighted by atomic mass is 16.6. The minimum atomic E-state index is -1.09. The number of methoxy groups -OCH3 is 1. The van der Waals surface area contributed by atoms with Gasteiger partial charge in [-0.2, -0.15) is 0 Å². The number of benzene rings is 1. The normalized spacial score (nSPS) is 13.1. The first-order valence-electron chi connectivity index (χ1n) is 10.7. The van der Waals surface area contributed by atoms with Gasteiger partial charge in [0.1, 0.15) is 11.1 Å². The molecule has 0 aliphatic rings. The number of nitrogens with zero attached hydrogens (tertiary/aromatic N) is 2. The average molecular weight is 469 g/mol. The molecule has 1 amide bonds. The molecule has 10 heteroatoms. The van der Waals surface area contributed by atoms with Gasteiger partial charge in [-0.05, 0) is 39.3 Å². The van der Waals surface area contributed by atoms with Gasteiger partial charge in [-0.15, -0.1) is 10.2 Å². The van der Waals surface area contributed by atoms with Crippen molar-refractivity contribution in [1.82, 2.24) is 20.5 Å². The second-order valence-electron chi connectivity index (χ2n) is 9.03. The number of ether oxygens (including phenoxy) is 2. The maximum Gasteiger partial charge on any atom is 0.408 e. The van der Waals surface area contributed by atoms with Gasteiger partial charge >= 0.3 is 12.1 Å². The summed E-state index contributed by atoms with van der Waals surface area (Å²) in [6.07, 6.45) is 0.986. The number of hydrogen-bond donors (Lipinski definition) is 2. The number of aromatic nitrogens is 3. The van der Waals surface area contributed by atoms with E-state index in [9.17, 15) is 14.4 Å². The zero-order valence-electron chi connectivity index (χ0n) is 19.8. The summed E-state index contributed by atoms with van der Waals surface area (Å²) < 4.78 is 16.0. The Balaban J connectivity index is 1.90. The molecule has 0 fully saturated rings. The molecule has 2 aromatic heterocycles. The molecular weight excluding hydrogens is 440 g/mol. The van der Waals surface area contributed by atoms with Crippen LogP contribution in [-0.2, 0) is 27.9 Å². The topological polar surface area (TPSA) is 136 Å². The Kier molecular flexibility index (Phi) is 7.19. The van der Waals surface area contributed by atoms with Gasteiger partial charge in [0.05, 0.1) is 19.1 Å². The van der Waals surface area contributed by atoms with E-state index in [1.165, 1.54) is 19.4 Å². The van der Waals surface area contributed by atoms with Crippen molar-refractivity contribution >= 4 is 12.1 Å². The molecule has 1 unspecified atom stereocenters. The summed E-state index contributed by atoms with van der Waals surface area (Å²) in [4.78, 5) is 39.1. The summed E-state index contributed by atoms with van der Waals surface area (Å²) in [5, 5.41) is 11.1. The van der Waals surface area contributed by atoms with Gasteiger partial charge in [0, 0.05) is 18.2 Å². The third kappa shape index (κ3) is 6.31. The summed E-state index contributed by atoms with van der Waals surface area (Å²) in [6.45, 7) is 7.07. The van der Waals surface area contributed by atoms with Crippen molar-refractivity contribution in [2.24, 2.45) is 0 Å². The minimum absolute atomic E-state index is 0.0129. The highest BCUT2D eigenvalue weighted by Gasteiger charge is 2.36. The first kappa shape index (κ1) is 24.7. The lowest BCUT2D eigenvalue weighted by atomic mass is 9.92. The molecule has 0 aliphatic carbocycles. The molecular formula is C24H28N4O6. The van der Waals surface area contributed by atoms with E-state index >= 15 is 0 Å². The first-order chi connectivity index (χ1) is 16.0. The molecule has 2 N–H and O–H groups in total. The molecule has 3 rings (SSSR count). The first-order valence-corrected chi connectivity index (χ1v) is 10.7. The number of rotatable bonds is 7. The molecule has 0 saturated heterocycles. The Morgan fingerprint density at radius 2 is 1.82 bits per heavy atom. The van der Waals surface area contributed by atoms with Crippen LogP contribution in [0.4, 0.5) is 4.79 Å². The third-order valence-electron chi connectivity index (χ3n) is 4.86. The number of alkyl carbamates (subject to hydrolysis) is 1. The fraction of sp³-hybridized carbons (Fsp3) is 0.375. The van der Waals surface area contributed by atoms with Crippen LogP contribution in [0.15, 0.2) is 51.8 Å². The van der Waals surface area contributed by atoms with Gasteiger partial charge in [0.15, 0.2) is 0 Å². The maximum absolute atomic E-state index is 12.6. The number of amides is 1. The lowest BCUT2D eigenvalue weighted by Crippen LogP contribution is -2.47. The lowest BCUT2D eigenvalue weighted by molar-refractivity contribution is 0.0442. The summed E-state index contributed by atoms with van der Waals surface area (Å²) in [7, 11) is 1.25. The SMILES string of the molecule is COC(=O)c1c[nH]c(=O)c(Cc2nnc(C(C)(Cc3ccccc3)NC(=O)OC(C)(C)C)o2)c1. The molecule has 0 saturated carbocycles. The van der Waals surface area contributed by atoms with E-state index in [2.05, 4.69) is 20.5 Å². The number of aromatic amines is 1. The molecule has 1 atom stereocenters. The highest BCUT2D eigenvalue weighted by Crippen LogP contribution is 2.26. The van der Waals surface area contributed by atoms with Crippen molar-refractivity contribution in [3.8, 4) is 0 Å². The minimum Gasteiger partial charge on any atom is -0.465 e. The number of esters is 1. The van der Waals surface area contributed by atoms with Crippen LogP contribution in [0.25, 0.3) is 0 Å². The van der Waals surface area contributed by atoms with Gasteiger partial charge in [0.25, 0.3) is 5.56 Å². The van der Waals surface area contributed by atoms with Crippen molar-refractivity contribution in [2.75, 3.05) is 7.11 Å². The van der Waals surface area contributed by atoms with Crippen LogP contribution in [0, 0.1) is 0 Å². The Morgan fingerprint density at radius 3 is 2.47 bits per heavy atom. The third-order valence-corrected chi connectivity index (χ3v) is 4.86. The van der Waals surface area contributed by atoms with Gasteiger partial charge in [0.2, 0.25) is 11.8 Å². The monoisotopic (exact) mass is 468 g/mol. The summed E-state index contributed by atoms with van der Waals surface area (Å²) in [5.74, 6) is -0.286. The van der Waals surface area contributed by atoms with E-state index in [0.717, 1.165) is 5.56 Å². The fourth-order valence-electron chi connectivity index (χ4n) is 3.32. The second-order valence-corrected chi connectivity index (χ2v) is 9.03. The van der Waals surface area contributed by atoms with E-state index in [0.29, 0.717) is 6.42 Å². The zero-order valence-corrected chi connectivity index (χ0v) is 19.8. The molecule has 10 nitrogen and oxygen atoms in total. The van der Waals surface area contributed by atoms with Crippen molar-refractivity contribution in [1.29, 1.82) is 0 Å². The van der Waals surface area contributed by atoms with Gasteiger partial charge in [-0.1, -0.05) is 30.3 Å². The predicted molar refractivity (Wildman–Crippen MR) is 122 cm³/mol. The molecule has 0 spiro atoms. The molecule has 180 valence electrons. The molecule has 34 heavy (non-hydrogen) atoms. The Bertz CT molecular complexity index is 1210. The van der Waals surface area contributed by atoms with Crippen LogP contribution < -0.4 is 10.9 Å². The lowest BCUT2D eigenvalue weighted by Gasteiger charge is -2.29. The fourth-order valence-corrected chi connectivity index (χ4v) is 3.32. The van der Waals surface area contributed by atoms with Crippen molar-refractivity contribution in [3.05, 3.63) is 81.4 Å². The standard InChI is InChI=1S/C24H28N4O6/c1-23(2,3)34-22(31)26-24(4,13-15-9-7-6-8-10-15)21-28-27-18(33-21)12-16-11-17(20(30)32-5)14-25-19(16)29/h6-11,14H,12-13H2,1-5H3,(H,25,29)(H,26,31). The molecule has 3 aromatic rings. The molecule has 2 heterocycles. The van der Waals surface area contributed by atoms with Gasteiger partial charge in [-0.3, -0.25) is 4.79 Å². The zero-order chi connectivity index (χ0) is 24.9. The number of H-pyrrole nitrogens is 1. The summed E-state index contributed by atoms with van der Waals surface area (Å²) in [6, 6.07) is 10.9. The quantitative estimate of drug-likeness (QED) is 0.505. The second kappa shape index (κ2) is 9.90. The Morgan fingerprint density at radius 1 is 1.12 bits per heavy atom. The van der Waals surface area contributed by atoms with E-state index in [1.54, 1.807) is 27.7 Å². The number of nitrogens with one attached hydrogen (secondary N) is 2. The highest BCUT2D eigenvalue weighted by molar-refractivity contribution is 5.89. The summed E-state index contributed by atoms with van der Waals surface area (Å²) >= 11 is 0. The molecule has 0 radical (unpaired) electrons. The Labute approximate surface area is 196 Å². The van der Waals surface area contributed by atoms with Crippen LogP contribution in [0.3, 0.4) is 0 Å². The van der Waals surface area contributed by atoms with Crippen LogP contribution in [0.1, 0.15) is 61.0 Å². The molecule has 1 aromatic carbocycles. The molecule has 0 aliphatic heterocycles. The summed E-state index contributed by atoms with van der Waals surface area (Å²) in [5.41, 5.74) is -0.798. The van der Waals surface area contributed by atoms with Crippen molar-refractivity contribution < 1.29 is 23.5 Å². The largest absolute Gasteiger partial charge is 0.465 e. The van der Waals surface area contributed by atoms with Crippen LogP contribution in [0.2, 0.25) is 0 Å². The van der Waals surface area contributed by atoms with E-state index in [1.807, 2.05) is 30.3 Å². The number of pyridine rings is 1. The smallest absolute Gasteiger partial charge is 0.408 e. The number of carbonyl (C=O) groups excluding carboxylic acids is 2. The Hall–Kier alpha value is -3.95. The van der Waals surface area contributed by atoms with Gasteiger partial charge in [-0.25, -0.2) is 9.59 Å². The van der Waals surface area contributed by atoms with Crippen LogP contribution in [0.5, 0.6) is 0 Å². The van der Waals surface area contributed by atoms with Crippen molar-refractivity contribution in [2.45, 2.75) is 51.7 Å². The van der Waals surface area contributed by atoms with Crippen molar-refractivity contribution in [3.63, 3.8) is 0 Å². The maximum atomic E-state index is 12.6. The van der Waals surface area contributed by atoms with E-state index in [-0.39, 0.29) is 29.3 Å². The van der Waals surface area contributed by atoms with Crippen LogP contribution in [-0.4, -0.2) is 40.0 Å². The average Bonchev–Trinajstić information content (AvgIpc) is 3.23. The van der Waals surface area contributed by atoms with E-state index < -0.39 is 28.8 Å². The number of carbonyl (C=O) groups is 2. The predicted octanol–water partition coefficient (Wildman–Crippen LogP) is 3.12. The van der Waals surface area contributed by atoms with E-state index in [4.69, 9.17) is 13.9 Å². The van der Waals surface area contributed by atoms with Gasteiger partial charge < -0.3 is 24.2 Å².